The molecular formula is C23H20F4N6. The second-order valence-electron chi connectivity index (χ2n) is 7.64. The Kier molecular flexibility index (Phi) is 5.75. The van der Waals surface area contributed by atoms with Gasteiger partial charge in [-0.25, -0.2) is 9.37 Å². The lowest BCUT2D eigenvalue weighted by Gasteiger charge is -2.42. The van der Waals surface area contributed by atoms with E-state index in [1.54, 1.807) is 29.6 Å². The molecule has 33 heavy (non-hydrogen) atoms. The molecule has 1 aromatic carbocycles. The van der Waals surface area contributed by atoms with Crippen LogP contribution in [0.1, 0.15) is 11.1 Å². The zero-order valence-corrected chi connectivity index (χ0v) is 17.4. The van der Waals surface area contributed by atoms with Gasteiger partial charge in [0.05, 0.1) is 17.5 Å². The summed E-state index contributed by atoms with van der Waals surface area (Å²) in [5, 5.41) is 18.6. The van der Waals surface area contributed by atoms with Gasteiger partial charge in [-0.15, -0.1) is 0 Å². The molecule has 1 fully saturated rings. The number of halogens is 4. The molecule has 2 aromatic heterocycles. The second-order valence-corrected chi connectivity index (χ2v) is 7.64. The number of pyridine rings is 1. The van der Waals surface area contributed by atoms with Crippen molar-refractivity contribution in [2.75, 3.05) is 18.4 Å². The van der Waals surface area contributed by atoms with Gasteiger partial charge in [0, 0.05) is 53.9 Å². The molecule has 0 radical (unpaired) electrons. The summed E-state index contributed by atoms with van der Waals surface area (Å²) in [4.78, 5) is 6.04. The van der Waals surface area contributed by atoms with Gasteiger partial charge in [-0.05, 0) is 35.9 Å². The number of alkyl halides is 3. The van der Waals surface area contributed by atoms with E-state index in [0.717, 1.165) is 17.7 Å². The molecule has 4 rings (SSSR count). The van der Waals surface area contributed by atoms with Gasteiger partial charge in [0.1, 0.15) is 11.6 Å². The van der Waals surface area contributed by atoms with Crippen LogP contribution in [-0.2, 0) is 6.18 Å². The van der Waals surface area contributed by atoms with Crippen LogP contribution >= 0.6 is 0 Å². The first-order valence-corrected chi connectivity index (χ1v) is 9.95. The molecule has 3 aromatic rings. The molecule has 0 aliphatic carbocycles. The molecule has 3 heterocycles. The molecule has 0 spiro atoms. The number of rotatable bonds is 7. The van der Waals surface area contributed by atoms with E-state index < -0.39 is 17.6 Å². The molecule has 3 N–H and O–H groups in total. The summed E-state index contributed by atoms with van der Waals surface area (Å²) in [6.07, 6.45) is 0.399. The van der Waals surface area contributed by atoms with Crippen molar-refractivity contribution in [1.29, 1.82) is 5.41 Å². The number of nitrogens with one attached hydrogen (secondary N) is 3. The molecular weight excluding hydrogens is 436 g/mol. The maximum absolute atomic E-state index is 13.4. The van der Waals surface area contributed by atoms with Crippen molar-refractivity contribution in [2.24, 2.45) is 5.92 Å². The number of H-pyrrole nitrogens is 1. The van der Waals surface area contributed by atoms with Crippen LogP contribution in [0.2, 0.25) is 0 Å². The summed E-state index contributed by atoms with van der Waals surface area (Å²) in [5.74, 6) is -0.514. The lowest BCUT2D eigenvalue weighted by Crippen LogP contribution is -2.49. The minimum Gasteiger partial charge on any atom is -0.368 e. The molecule has 6 nitrogen and oxygen atoms in total. The number of benzene rings is 1. The Morgan fingerprint density at radius 2 is 1.85 bits per heavy atom. The van der Waals surface area contributed by atoms with Crippen molar-refractivity contribution in [1.82, 2.24) is 20.1 Å². The number of aromatic nitrogens is 3. The Hall–Kier alpha value is -3.95. The van der Waals surface area contributed by atoms with Crippen molar-refractivity contribution in [3.05, 3.63) is 84.7 Å². The topological polar surface area (TPSA) is 80.7 Å². The molecule has 0 bridgehead atoms. The van der Waals surface area contributed by atoms with Crippen molar-refractivity contribution in [2.45, 2.75) is 6.18 Å². The molecule has 1 aliphatic heterocycles. The van der Waals surface area contributed by atoms with Gasteiger partial charge in [0.2, 0.25) is 0 Å². The third-order valence-electron chi connectivity index (χ3n) is 5.49. The number of anilines is 2. The van der Waals surface area contributed by atoms with Crippen molar-refractivity contribution >= 4 is 17.2 Å². The Bertz CT molecular complexity index is 1190. The number of aromatic amines is 1. The van der Waals surface area contributed by atoms with Gasteiger partial charge < -0.3 is 15.6 Å². The minimum atomic E-state index is -4.43. The minimum absolute atomic E-state index is 0.184. The van der Waals surface area contributed by atoms with Crippen LogP contribution in [-0.4, -0.2) is 38.9 Å². The van der Waals surface area contributed by atoms with Crippen LogP contribution in [0.5, 0.6) is 0 Å². The van der Waals surface area contributed by atoms with Crippen molar-refractivity contribution in [3.63, 3.8) is 0 Å². The highest BCUT2D eigenvalue weighted by molar-refractivity contribution is 6.10. The van der Waals surface area contributed by atoms with E-state index >= 15 is 0 Å². The molecule has 0 amide bonds. The van der Waals surface area contributed by atoms with Crippen molar-refractivity contribution in [3.8, 4) is 11.1 Å². The lowest BCUT2D eigenvalue weighted by atomic mass is 9.86. The van der Waals surface area contributed by atoms with Crippen LogP contribution in [0.15, 0.2) is 73.6 Å². The quantitative estimate of drug-likeness (QED) is 0.248. The normalized spacial score (nSPS) is 14.0. The highest BCUT2D eigenvalue weighted by Gasteiger charge is 2.35. The van der Waals surface area contributed by atoms with Crippen LogP contribution < -0.4 is 5.32 Å². The molecule has 0 atom stereocenters. The Labute approximate surface area is 187 Å². The highest BCUT2D eigenvalue weighted by atomic mass is 19.4. The zero-order chi connectivity index (χ0) is 23.8. The first kappa shape index (κ1) is 22.3. The van der Waals surface area contributed by atoms with E-state index in [1.807, 2.05) is 0 Å². The van der Waals surface area contributed by atoms with Crippen LogP contribution in [0.25, 0.3) is 11.1 Å². The average molecular weight is 456 g/mol. The average Bonchev–Trinajstić information content (AvgIpc) is 3.26. The van der Waals surface area contributed by atoms with Crippen LogP contribution in [0, 0.1) is 11.3 Å². The Morgan fingerprint density at radius 1 is 1.15 bits per heavy atom. The van der Waals surface area contributed by atoms with Gasteiger partial charge in [-0.1, -0.05) is 13.2 Å². The number of hydrogen-bond donors (Lipinski definition) is 3. The van der Waals surface area contributed by atoms with E-state index in [1.165, 1.54) is 12.1 Å². The molecule has 1 aliphatic rings. The van der Waals surface area contributed by atoms with Gasteiger partial charge in [0.25, 0.3) is 0 Å². The lowest BCUT2D eigenvalue weighted by molar-refractivity contribution is -0.137. The van der Waals surface area contributed by atoms with E-state index in [4.69, 9.17) is 5.41 Å². The molecule has 0 unspecified atom stereocenters. The fourth-order valence-electron chi connectivity index (χ4n) is 3.60. The van der Waals surface area contributed by atoms with E-state index in [-0.39, 0.29) is 17.3 Å². The van der Waals surface area contributed by atoms with Gasteiger partial charge in [-0.2, -0.15) is 18.3 Å². The maximum atomic E-state index is 13.4. The Morgan fingerprint density at radius 3 is 2.42 bits per heavy atom. The number of allylic oxidation sites excluding steroid dienone is 1. The first-order valence-electron chi connectivity index (χ1n) is 9.95. The third-order valence-corrected chi connectivity index (χ3v) is 5.49. The van der Waals surface area contributed by atoms with Gasteiger partial charge >= 0.3 is 6.18 Å². The number of nitrogens with zero attached hydrogens (tertiary/aromatic N) is 3. The van der Waals surface area contributed by atoms with Gasteiger partial charge in [0.15, 0.2) is 0 Å². The SMILES string of the molecule is C=C(F)C(=C)N1CC(C(=N)c2c(-c3cn[nH]c3)ccnc2Nc2ccc(C(F)(F)F)cc2)C1. The van der Waals surface area contributed by atoms with Crippen LogP contribution in [0.4, 0.5) is 29.1 Å². The fourth-order valence-corrected chi connectivity index (χ4v) is 3.60. The number of likely N-dealkylation sites (tertiary alicyclic amines) is 1. The molecule has 1 saturated heterocycles. The highest BCUT2D eigenvalue weighted by Crippen LogP contribution is 2.35. The van der Waals surface area contributed by atoms with E-state index in [2.05, 4.69) is 33.7 Å². The predicted octanol–water partition coefficient (Wildman–Crippen LogP) is 5.53. The summed E-state index contributed by atoms with van der Waals surface area (Å²) < 4.78 is 52.1. The maximum Gasteiger partial charge on any atom is 0.416 e. The summed E-state index contributed by atoms with van der Waals surface area (Å²) >= 11 is 0. The third kappa shape index (κ3) is 4.50. The smallest absolute Gasteiger partial charge is 0.368 e. The van der Waals surface area contributed by atoms with E-state index in [0.29, 0.717) is 35.7 Å². The fraction of sp³-hybridized carbons (Fsp3) is 0.174. The first-order chi connectivity index (χ1) is 15.6. The Balaban J connectivity index is 1.66. The van der Waals surface area contributed by atoms with Crippen LogP contribution in [0.3, 0.4) is 0 Å². The monoisotopic (exact) mass is 456 g/mol. The largest absolute Gasteiger partial charge is 0.416 e. The summed E-state index contributed by atoms with van der Waals surface area (Å²) in [6, 6.07) is 6.32. The summed E-state index contributed by atoms with van der Waals surface area (Å²) in [6.45, 7) is 7.69. The molecule has 170 valence electrons. The second kappa shape index (κ2) is 8.53. The number of hydrogen-bond acceptors (Lipinski definition) is 5. The summed E-state index contributed by atoms with van der Waals surface area (Å²) in [7, 11) is 0. The standard InChI is InChI=1S/C23H20F4N6/c1-13(24)14(2)33-11-16(12-33)21(28)20-19(15-9-30-31-10-15)7-8-29-22(20)32-18-5-3-17(4-6-18)23(25,26)27/h3-10,16,28H,1-2,11-12H2,(H,29,32)(H,30,31). The van der Waals surface area contributed by atoms with E-state index in [9.17, 15) is 17.6 Å². The zero-order valence-electron chi connectivity index (χ0n) is 17.4. The predicted molar refractivity (Wildman–Crippen MR) is 118 cm³/mol. The van der Waals surface area contributed by atoms with Gasteiger partial charge in [-0.3, -0.25) is 5.10 Å². The molecule has 0 saturated carbocycles. The summed E-state index contributed by atoms with van der Waals surface area (Å²) in [5.41, 5.74) is 1.99. The molecule has 10 heteroatoms. The van der Waals surface area contributed by atoms with Crippen molar-refractivity contribution < 1.29 is 17.6 Å².